The zero-order chi connectivity index (χ0) is 21.0. The minimum Gasteiger partial charge on any atom is -0.281 e. The molecule has 4 saturated carbocycles. The molecule has 1 amide bonds. The quantitative estimate of drug-likeness (QED) is 0.458. The van der Waals surface area contributed by atoms with Gasteiger partial charge in [0.15, 0.2) is 5.69 Å². The highest BCUT2D eigenvalue weighted by Gasteiger charge is 2.52. The number of nitrogens with zero attached hydrogens (tertiary/aromatic N) is 2. The minimum atomic E-state index is -0.258. The Labute approximate surface area is 182 Å². The molecule has 4 aliphatic carbocycles. The largest absolute Gasteiger partial charge is 0.291 e. The van der Waals surface area contributed by atoms with Crippen LogP contribution in [0.2, 0.25) is 0 Å². The molecule has 0 radical (unpaired) electrons. The first-order valence-corrected chi connectivity index (χ1v) is 11.5. The zero-order valence-electron chi connectivity index (χ0n) is 17.9. The fraction of sp³-hybridized carbons (Fsp3) is 0.423. The third-order valence-corrected chi connectivity index (χ3v) is 7.92. The molecule has 158 valence electrons. The van der Waals surface area contributed by atoms with Gasteiger partial charge in [0.2, 0.25) is 0 Å². The molecule has 7 rings (SSSR count). The van der Waals surface area contributed by atoms with Crippen molar-refractivity contribution in [2.45, 2.75) is 50.9 Å². The van der Waals surface area contributed by atoms with Gasteiger partial charge >= 0.3 is 0 Å². The van der Waals surface area contributed by atoms with E-state index in [9.17, 15) is 4.79 Å². The summed E-state index contributed by atoms with van der Waals surface area (Å²) in [6.07, 6.45) is 7.97. The number of nitrogens with one attached hydrogen (secondary N) is 2. The summed E-state index contributed by atoms with van der Waals surface area (Å²) in [5.41, 5.74) is 6.32. The summed E-state index contributed by atoms with van der Waals surface area (Å²) in [5.74, 6) is 2.33. The fourth-order valence-corrected chi connectivity index (χ4v) is 6.94. The molecular weight excluding hydrogens is 384 g/mol. The molecule has 5 heteroatoms. The van der Waals surface area contributed by atoms with Crippen LogP contribution >= 0.6 is 0 Å². The van der Waals surface area contributed by atoms with Gasteiger partial charge in [0.25, 0.3) is 5.91 Å². The van der Waals surface area contributed by atoms with Gasteiger partial charge in [-0.15, -0.1) is 0 Å². The molecule has 0 atom stereocenters. The number of carbonyl (C=O) groups excluding carboxylic acids is 1. The van der Waals surface area contributed by atoms with Crippen LogP contribution in [0.1, 0.15) is 67.2 Å². The standard InChI is InChI=1S/C26H28N4O/c1-16(21-8-4-6-20-5-2-3-7-22(20)21)27-30-25(31)23-12-24(29-28-23)26-13-17-9-18(14-26)11-19(10-17)15-26/h2-8,12,17-19H,9-11,13-15H2,1H3,(H,28,29)(H,30,31)/b27-16-. The van der Waals surface area contributed by atoms with Crippen LogP contribution in [0.15, 0.2) is 53.6 Å². The van der Waals surface area contributed by atoms with E-state index in [1.807, 2.05) is 37.3 Å². The van der Waals surface area contributed by atoms with Crippen LogP contribution in [0, 0.1) is 17.8 Å². The monoisotopic (exact) mass is 412 g/mol. The second-order valence-corrected chi connectivity index (χ2v) is 10.0. The van der Waals surface area contributed by atoms with Gasteiger partial charge in [-0.25, -0.2) is 5.43 Å². The Morgan fingerprint density at radius 1 is 1.03 bits per heavy atom. The summed E-state index contributed by atoms with van der Waals surface area (Å²) in [4.78, 5) is 12.8. The average molecular weight is 413 g/mol. The molecule has 4 bridgehead atoms. The average Bonchev–Trinajstić information content (AvgIpc) is 3.27. The van der Waals surface area contributed by atoms with E-state index < -0.39 is 0 Å². The van der Waals surface area contributed by atoms with E-state index in [1.165, 1.54) is 38.5 Å². The number of hydrogen-bond acceptors (Lipinski definition) is 3. The lowest BCUT2D eigenvalue weighted by Gasteiger charge is -2.56. The van der Waals surface area contributed by atoms with Crippen LogP contribution in [-0.2, 0) is 5.41 Å². The van der Waals surface area contributed by atoms with Gasteiger partial charge < -0.3 is 0 Å². The lowest BCUT2D eigenvalue weighted by atomic mass is 9.49. The van der Waals surface area contributed by atoms with Gasteiger partial charge in [-0.2, -0.15) is 10.2 Å². The lowest BCUT2D eigenvalue weighted by molar-refractivity contribution is -0.00721. The molecule has 2 aromatic carbocycles. The first-order chi connectivity index (χ1) is 15.1. The summed E-state index contributed by atoms with van der Waals surface area (Å²) >= 11 is 0. The Balaban J connectivity index is 1.21. The molecule has 0 aliphatic heterocycles. The van der Waals surface area contributed by atoms with Crippen molar-refractivity contribution in [1.29, 1.82) is 0 Å². The first-order valence-electron chi connectivity index (χ1n) is 11.5. The van der Waals surface area contributed by atoms with Crippen molar-refractivity contribution in [3.05, 3.63) is 65.5 Å². The van der Waals surface area contributed by atoms with Gasteiger partial charge in [0, 0.05) is 16.7 Å². The van der Waals surface area contributed by atoms with Crippen molar-refractivity contribution in [3.8, 4) is 0 Å². The number of carbonyl (C=O) groups is 1. The maximum atomic E-state index is 12.8. The predicted molar refractivity (Wildman–Crippen MR) is 122 cm³/mol. The number of aromatic nitrogens is 2. The Kier molecular flexibility index (Phi) is 4.27. The Morgan fingerprint density at radius 3 is 2.45 bits per heavy atom. The van der Waals surface area contributed by atoms with Crippen molar-refractivity contribution < 1.29 is 4.79 Å². The molecule has 1 heterocycles. The molecule has 3 aromatic rings. The Morgan fingerprint density at radius 2 is 1.71 bits per heavy atom. The van der Waals surface area contributed by atoms with E-state index in [0.29, 0.717) is 5.69 Å². The van der Waals surface area contributed by atoms with Crippen LogP contribution in [0.5, 0.6) is 0 Å². The molecule has 5 nitrogen and oxygen atoms in total. The number of amides is 1. The van der Waals surface area contributed by atoms with Crippen molar-refractivity contribution in [2.75, 3.05) is 0 Å². The van der Waals surface area contributed by atoms with Gasteiger partial charge in [-0.1, -0.05) is 42.5 Å². The molecule has 0 spiro atoms. The summed E-state index contributed by atoms with van der Waals surface area (Å²) < 4.78 is 0. The second kappa shape index (κ2) is 7.04. The van der Waals surface area contributed by atoms with E-state index in [0.717, 1.165) is 45.5 Å². The molecule has 2 N–H and O–H groups in total. The number of H-pyrrole nitrogens is 1. The highest BCUT2D eigenvalue weighted by molar-refractivity contribution is 6.10. The molecular formula is C26H28N4O. The topological polar surface area (TPSA) is 70.1 Å². The Bertz CT molecular complexity index is 1150. The normalized spacial score (nSPS) is 29.5. The van der Waals surface area contributed by atoms with E-state index >= 15 is 0 Å². The number of benzene rings is 2. The predicted octanol–water partition coefficient (Wildman–Crippen LogP) is 5.18. The Hall–Kier alpha value is -2.95. The van der Waals surface area contributed by atoms with Crippen molar-refractivity contribution in [1.82, 2.24) is 15.6 Å². The lowest BCUT2D eigenvalue weighted by Crippen LogP contribution is -2.48. The maximum Gasteiger partial charge on any atom is 0.291 e. The molecule has 4 aliphatic rings. The highest BCUT2D eigenvalue weighted by atomic mass is 16.2. The highest BCUT2D eigenvalue weighted by Crippen LogP contribution is 2.60. The maximum absolute atomic E-state index is 12.8. The SMILES string of the molecule is C/C(=N/NC(=O)c1cc(C23CC4CC(CC(C4)C2)C3)[nH]n1)c1cccc2ccccc12. The molecule has 0 unspecified atom stereocenters. The minimum absolute atomic E-state index is 0.211. The number of aromatic amines is 1. The van der Waals surface area contributed by atoms with Gasteiger partial charge in [0.05, 0.1) is 5.71 Å². The summed E-state index contributed by atoms with van der Waals surface area (Å²) in [5, 5.41) is 14.3. The second-order valence-electron chi connectivity index (χ2n) is 10.0. The van der Waals surface area contributed by atoms with Crippen LogP contribution < -0.4 is 5.43 Å². The van der Waals surface area contributed by atoms with Gasteiger partial charge in [-0.3, -0.25) is 9.89 Å². The van der Waals surface area contributed by atoms with Crippen LogP contribution in [0.25, 0.3) is 10.8 Å². The van der Waals surface area contributed by atoms with Crippen molar-refractivity contribution in [3.63, 3.8) is 0 Å². The number of hydrazone groups is 1. The van der Waals surface area contributed by atoms with Gasteiger partial charge in [-0.05, 0) is 80.0 Å². The number of rotatable bonds is 4. The van der Waals surface area contributed by atoms with E-state index in [-0.39, 0.29) is 11.3 Å². The van der Waals surface area contributed by atoms with Crippen LogP contribution in [-0.4, -0.2) is 21.8 Å². The van der Waals surface area contributed by atoms with E-state index in [1.54, 1.807) is 0 Å². The zero-order valence-corrected chi connectivity index (χ0v) is 17.9. The molecule has 1 aromatic heterocycles. The van der Waals surface area contributed by atoms with Crippen molar-refractivity contribution in [2.24, 2.45) is 22.9 Å². The molecule has 0 saturated heterocycles. The third kappa shape index (κ3) is 3.18. The number of hydrogen-bond donors (Lipinski definition) is 2. The smallest absolute Gasteiger partial charge is 0.281 e. The van der Waals surface area contributed by atoms with E-state index in [2.05, 4.69) is 38.9 Å². The van der Waals surface area contributed by atoms with Crippen molar-refractivity contribution >= 4 is 22.4 Å². The summed E-state index contributed by atoms with van der Waals surface area (Å²) in [6.45, 7) is 1.92. The molecule has 31 heavy (non-hydrogen) atoms. The third-order valence-electron chi connectivity index (χ3n) is 7.92. The summed E-state index contributed by atoms with van der Waals surface area (Å²) in [6, 6.07) is 16.3. The summed E-state index contributed by atoms with van der Waals surface area (Å²) in [7, 11) is 0. The van der Waals surface area contributed by atoms with Gasteiger partial charge in [0.1, 0.15) is 0 Å². The molecule has 4 fully saturated rings. The first kappa shape index (κ1) is 18.8. The fourth-order valence-electron chi connectivity index (χ4n) is 6.94. The van der Waals surface area contributed by atoms with Crippen LogP contribution in [0.3, 0.4) is 0 Å². The van der Waals surface area contributed by atoms with E-state index in [4.69, 9.17) is 0 Å². The van der Waals surface area contributed by atoms with Crippen LogP contribution in [0.4, 0.5) is 0 Å². The number of fused-ring (bicyclic) bond motifs is 1.